The maximum Gasteiger partial charge on any atom is 0.273 e. The summed E-state index contributed by atoms with van der Waals surface area (Å²) in [7, 11) is 0. The van der Waals surface area contributed by atoms with Gasteiger partial charge in [0.25, 0.3) is 17.7 Å². The molecule has 2 aromatic carbocycles. The molecule has 0 aliphatic carbocycles. The van der Waals surface area contributed by atoms with Crippen LogP contribution in [0.25, 0.3) is 0 Å². The van der Waals surface area contributed by atoms with E-state index in [1.54, 1.807) is 25.1 Å². The average molecular weight is 411 g/mol. The molecule has 0 radical (unpaired) electrons. The van der Waals surface area contributed by atoms with Gasteiger partial charge >= 0.3 is 0 Å². The zero-order chi connectivity index (χ0) is 21.5. The molecular weight excluding hydrogens is 393 g/mol. The fraction of sp³-hybridized carbons (Fsp3) is 0.0952. The van der Waals surface area contributed by atoms with Crippen molar-refractivity contribution in [3.63, 3.8) is 0 Å². The minimum atomic E-state index is -0.644. The third-order valence-corrected chi connectivity index (χ3v) is 4.03. The quantitative estimate of drug-likeness (QED) is 0.541. The Morgan fingerprint density at radius 3 is 2.30 bits per heavy atom. The van der Waals surface area contributed by atoms with E-state index in [4.69, 9.17) is 9.15 Å². The molecule has 0 aliphatic rings. The molecule has 154 valence electrons. The fourth-order valence-corrected chi connectivity index (χ4v) is 2.54. The Morgan fingerprint density at radius 1 is 0.933 bits per heavy atom. The topological polar surface area (TPSA) is 110 Å². The number of hydrazine groups is 1. The van der Waals surface area contributed by atoms with Gasteiger partial charge < -0.3 is 14.5 Å². The molecule has 3 aromatic rings. The maximum atomic E-state index is 13.6. The highest BCUT2D eigenvalue weighted by Crippen LogP contribution is 2.18. The Labute approximate surface area is 171 Å². The molecule has 30 heavy (non-hydrogen) atoms. The SMILES string of the molecule is Cc1occc1C(=O)NNC(=O)c1ccccc1OCC(=O)Nc1ccccc1F. The number of carbonyl (C=O) groups excluding carboxylic acids is 3. The van der Waals surface area contributed by atoms with Crippen molar-refractivity contribution >= 4 is 23.4 Å². The van der Waals surface area contributed by atoms with Crippen molar-refractivity contribution in [3.05, 3.63) is 83.6 Å². The Bertz CT molecular complexity index is 1080. The number of benzene rings is 2. The summed E-state index contributed by atoms with van der Waals surface area (Å²) >= 11 is 0. The number of nitrogens with one attached hydrogen (secondary N) is 3. The predicted octanol–water partition coefficient (Wildman–Crippen LogP) is 2.82. The van der Waals surface area contributed by atoms with Gasteiger partial charge in [0.1, 0.15) is 17.3 Å². The third kappa shape index (κ3) is 5.02. The van der Waals surface area contributed by atoms with E-state index in [9.17, 15) is 18.8 Å². The first-order valence-corrected chi connectivity index (χ1v) is 8.86. The third-order valence-electron chi connectivity index (χ3n) is 4.03. The van der Waals surface area contributed by atoms with Crippen LogP contribution >= 0.6 is 0 Å². The van der Waals surface area contributed by atoms with Crippen LogP contribution in [0.1, 0.15) is 26.5 Å². The van der Waals surface area contributed by atoms with E-state index >= 15 is 0 Å². The number of carbonyl (C=O) groups is 3. The van der Waals surface area contributed by atoms with E-state index in [0.29, 0.717) is 5.76 Å². The van der Waals surface area contributed by atoms with E-state index in [1.807, 2.05) is 0 Å². The van der Waals surface area contributed by atoms with Crippen molar-refractivity contribution in [1.29, 1.82) is 0 Å². The molecule has 1 heterocycles. The summed E-state index contributed by atoms with van der Waals surface area (Å²) in [5.41, 5.74) is 4.96. The monoisotopic (exact) mass is 411 g/mol. The number of furan rings is 1. The number of halogens is 1. The first-order chi connectivity index (χ1) is 14.5. The fourth-order valence-electron chi connectivity index (χ4n) is 2.54. The van der Waals surface area contributed by atoms with Crippen LogP contribution in [0.15, 0.2) is 65.3 Å². The molecule has 0 unspecified atom stereocenters. The summed E-state index contributed by atoms with van der Waals surface area (Å²) < 4.78 is 24.1. The van der Waals surface area contributed by atoms with Crippen LogP contribution in [0.3, 0.4) is 0 Å². The van der Waals surface area contributed by atoms with Crippen LogP contribution < -0.4 is 20.9 Å². The molecule has 3 amide bonds. The number of hydrogen-bond acceptors (Lipinski definition) is 5. The van der Waals surface area contributed by atoms with Gasteiger partial charge in [-0.25, -0.2) is 4.39 Å². The number of hydrogen-bond donors (Lipinski definition) is 3. The minimum absolute atomic E-state index is 0.0226. The number of rotatable bonds is 6. The van der Waals surface area contributed by atoms with Crippen molar-refractivity contribution < 1.29 is 27.9 Å². The lowest BCUT2D eigenvalue weighted by molar-refractivity contribution is -0.118. The second-order valence-corrected chi connectivity index (χ2v) is 6.11. The molecule has 0 atom stereocenters. The molecule has 8 nitrogen and oxygen atoms in total. The Kier molecular flexibility index (Phi) is 6.43. The first kappa shape index (κ1) is 20.6. The Balaban J connectivity index is 1.59. The van der Waals surface area contributed by atoms with Gasteiger partial charge in [0, 0.05) is 0 Å². The summed E-state index contributed by atoms with van der Waals surface area (Å²) in [5.74, 6) is -1.83. The van der Waals surface area contributed by atoms with Crippen LogP contribution in [0.4, 0.5) is 10.1 Å². The highest BCUT2D eigenvalue weighted by atomic mass is 19.1. The summed E-state index contributed by atoms with van der Waals surface area (Å²) in [5, 5.41) is 2.38. The van der Waals surface area contributed by atoms with Gasteiger partial charge in [0.05, 0.1) is 23.1 Å². The Hall–Kier alpha value is -4.14. The highest BCUT2D eigenvalue weighted by molar-refractivity contribution is 6.01. The van der Waals surface area contributed by atoms with Crippen molar-refractivity contribution in [3.8, 4) is 5.75 Å². The number of amides is 3. The van der Waals surface area contributed by atoms with E-state index in [1.165, 1.54) is 42.7 Å². The average Bonchev–Trinajstić information content (AvgIpc) is 3.18. The van der Waals surface area contributed by atoms with E-state index in [2.05, 4.69) is 16.2 Å². The normalized spacial score (nSPS) is 10.2. The number of anilines is 1. The molecule has 0 aliphatic heterocycles. The number of aryl methyl sites for hydroxylation is 1. The molecule has 0 spiro atoms. The summed E-state index contributed by atoms with van der Waals surface area (Å²) in [6.07, 6.45) is 1.36. The van der Waals surface area contributed by atoms with E-state index in [0.717, 1.165) is 0 Å². The van der Waals surface area contributed by atoms with Crippen LogP contribution in [0, 0.1) is 12.7 Å². The standard InChI is InChI=1S/C21H18FN3O5/c1-13-14(10-11-29-13)20(27)24-25-21(28)15-6-2-5-9-18(15)30-12-19(26)23-17-8-4-3-7-16(17)22/h2-11H,12H2,1H3,(H,23,26)(H,24,27)(H,25,28). The maximum absolute atomic E-state index is 13.6. The number of ether oxygens (including phenoxy) is 1. The largest absolute Gasteiger partial charge is 0.483 e. The molecule has 0 saturated heterocycles. The van der Waals surface area contributed by atoms with Gasteiger partial charge in [-0.05, 0) is 37.3 Å². The van der Waals surface area contributed by atoms with Crippen molar-refractivity contribution in [1.82, 2.24) is 10.9 Å². The number of para-hydroxylation sites is 2. The van der Waals surface area contributed by atoms with Gasteiger partial charge in [0.15, 0.2) is 6.61 Å². The van der Waals surface area contributed by atoms with Crippen LogP contribution in [0.5, 0.6) is 5.75 Å². The molecule has 3 N–H and O–H groups in total. The van der Waals surface area contributed by atoms with Crippen molar-refractivity contribution in [2.24, 2.45) is 0 Å². The first-order valence-electron chi connectivity index (χ1n) is 8.86. The summed E-state index contributed by atoms with van der Waals surface area (Å²) in [6, 6.07) is 13.4. The molecule has 0 saturated carbocycles. The van der Waals surface area contributed by atoms with Crippen LogP contribution in [-0.4, -0.2) is 24.3 Å². The molecule has 0 fully saturated rings. The Morgan fingerprint density at radius 2 is 1.60 bits per heavy atom. The van der Waals surface area contributed by atoms with E-state index < -0.39 is 30.1 Å². The zero-order valence-corrected chi connectivity index (χ0v) is 15.9. The second kappa shape index (κ2) is 9.37. The van der Waals surface area contributed by atoms with Crippen molar-refractivity contribution in [2.75, 3.05) is 11.9 Å². The zero-order valence-electron chi connectivity index (χ0n) is 15.9. The highest BCUT2D eigenvalue weighted by Gasteiger charge is 2.16. The molecule has 9 heteroatoms. The lowest BCUT2D eigenvalue weighted by Gasteiger charge is -2.12. The molecule has 0 bridgehead atoms. The lowest BCUT2D eigenvalue weighted by Crippen LogP contribution is -2.41. The van der Waals surface area contributed by atoms with Gasteiger partial charge in [-0.15, -0.1) is 0 Å². The minimum Gasteiger partial charge on any atom is -0.483 e. The van der Waals surface area contributed by atoms with Gasteiger partial charge in [-0.1, -0.05) is 24.3 Å². The second-order valence-electron chi connectivity index (χ2n) is 6.11. The van der Waals surface area contributed by atoms with Crippen molar-refractivity contribution in [2.45, 2.75) is 6.92 Å². The lowest BCUT2D eigenvalue weighted by atomic mass is 10.2. The molecular formula is C21H18FN3O5. The summed E-state index contributed by atoms with van der Waals surface area (Å²) in [4.78, 5) is 36.5. The van der Waals surface area contributed by atoms with Gasteiger partial charge in [0.2, 0.25) is 0 Å². The summed E-state index contributed by atoms with van der Waals surface area (Å²) in [6.45, 7) is 1.17. The van der Waals surface area contributed by atoms with Crippen LogP contribution in [0.2, 0.25) is 0 Å². The van der Waals surface area contributed by atoms with Gasteiger partial charge in [-0.2, -0.15) is 0 Å². The van der Waals surface area contributed by atoms with Gasteiger partial charge in [-0.3, -0.25) is 25.2 Å². The van der Waals surface area contributed by atoms with E-state index in [-0.39, 0.29) is 22.6 Å². The predicted molar refractivity (Wildman–Crippen MR) is 105 cm³/mol. The smallest absolute Gasteiger partial charge is 0.273 e. The molecule has 3 rings (SSSR count). The molecule has 1 aromatic heterocycles. The van der Waals surface area contributed by atoms with Crippen LogP contribution in [-0.2, 0) is 4.79 Å².